The summed E-state index contributed by atoms with van der Waals surface area (Å²) in [7, 11) is 1.95. The van der Waals surface area contributed by atoms with E-state index < -0.39 is 0 Å². The molecule has 0 aliphatic heterocycles. The summed E-state index contributed by atoms with van der Waals surface area (Å²) >= 11 is 1.76. The van der Waals surface area contributed by atoms with Crippen molar-refractivity contribution in [1.82, 2.24) is 14.8 Å². The summed E-state index contributed by atoms with van der Waals surface area (Å²) in [6.45, 7) is 2.21. The minimum atomic E-state index is 0.984. The summed E-state index contributed by atoms with van der Waals surface area (Å²) in [6.07, 6.45) is 8.13. The smallest absolute Gasteiger partial charge is 0.100 e. The highest BCUT2D eigenvalue weighted by Crippen LogP contribution is 2.31. The Morgan fingerprint density at radius 3 is 2.50 bits per heavy atom. The van der Waals surface area contributed by atoms with Gasteiger partial charge in [-0.3, -0.25) is 9.67 Å². The number of aromatic nitrogens is 3. The molecule has 3 aromatic rings. The van der Waals surface area contributed by atoms with Gasteiger partial charge in [-0.05, 0) is 36.2 Å². The zero-order chi connectivity index (χ0) is 16.8. The number of unbranched alkanes of at least 4 members (excludes halogenated alkanes) is 1. The highest BCUT2D eigenvalue weighted by Gasteiger charge is 2.11. The lowest BCUT2D eigenvalue weighted by Crippen LogP contribution is -1.89. The largest absolute Gasteiger partial charge is 0.330 e. The molecule has 0 radical (unpaired) electrons. The SMILES string of the molecule is CCCCSNc1ccc(-c2cn(C)nc2-c2ccncc2)cc1. The first-order valence-electron chi connectivity index (χ1n) is 8.20. The fourth-order valence-electron chi connectivity index (χ4n) is 2.49. The van der Waals surface area contributed by atoms with Crippen LogP contribution in [0.15, 0.2) is 55.0 Å². The Morgan fingerprint density at radius 2 is 1.79 bits per heavy atom. The van der Waals surface area contributed by atoms with Crippen LogP contribution in [0.3, 0.4) is 0 Å². The number of anilines is 1. The van der Waals surface area contributed by atoms with E-state index in [1.807, 2.05) is 23.9 Å². The van der Waals surface area contributed by atoms with Crippen molar-refractivity contribution in [3.63, 3.8) is 0 Å². The molecule has 0 saturated heterocycles. The maximum atomic E-state index is 4.62. The third kappa shape index (κ3) is 3.97. The number of rotatable bonds is 7. The van der Waals surface area contributed by atoms with Crippen LogP contribution in [0.1, 0.15) is 19.8 Å². The van der Waals surface area contributed by atoms with Crippen molar-refractivity contribution in [3.05, 3.63) is 55.0 Å². The van der Waals surface area contributed by atoms with E-state index in [0.29, 0.717) is 0 Å². The summed E-state index contributed by atoms with van der Waals surface area (Å²) < 4.78 is 5.26. The predicted molar refractivity (Wildman–Crippen MR) is 103 cm³/mol. The first kappa shape index (κ1) is 16.6. The van der Waals surface area contributed by atoms with E-state index >= 15 is 0 Å². The molecule has 0 aliphatic carbocycles. The molecule has 0 amide bonds. The normalized spacial score (nSPS) is 10.8. The molecule has 0 bridgehead atoms. The minimum absolute atomic E-state index is 0.984. The molecule has 0 fully saturated rings. The number of nitrogens with one attached hydrogen (secondary N) is 1. The molecule has 0 unspecified atom stereocenters. The molecule has 2 heterocycles. The Balaban J connectivity index is 1.80. The standard InChI is InChI=1S/C19H22N4S/c1-3-4-13-24-22-17-7-5-15(6-8-17)18-14-23(2)21-19(18)16-9-11-20-12-10-16/h5-12,14,22H,3-4,13H2,1-2H3. The van der Waals surface area contributed by atoms with Crippen molar-refractivity contribution in [1.29, 1.82) is 0 Å². The second kappa shape index (κ2) is 8.02. The zero-order valence-corrected chi connectivity index (χ0v) is 14.9. The van der Waals surface area contributed by atoms with Crippen molar-refractivity contribution in [2.75, 3.05) is 10.5 Å². The lowest BCUT2D eigenvalue weighted by atomic mass is 10.0. The third-order valence-corrected chi connectivity index (χ3v) is 4.64. The van der Waals surface area contributed by atoms with Crippen LogP contribution in [0, 0.1) is 0 Å². The second-order valence-electron chi connectivity index (χ2n) is 5.68. The van der Waals surface area contributed by atoms with Gasteiger partial charge in [-0.15, -0.1) is 0 Å². The van der Waals surface area contributed by atoms with Gasteiger partial charge in [0.1, 0.15) is 5.69 Å². The maximum absolute atomic E-state index is 4.62. The van der Waals surface area contributed by atoms with Crippen molar-refractivity contribution >= 4 is 17.6 Å². The van der Waals surface area contributed by atoms with Crippen LogP contribution >= 0.6 is 11.9 Å². The van der Waals surface area contributed by atoms with Gasteiger partial charge in [0.2, 0.25) is 0 Å². The molecule has 0 saturated carbocycles. The molecule has 1 N–H and O–H groups in total. The number of aryl methyl sites for hydroxylation is 1. The lowest BCUT2D eigenvalue weighted by molar-refractivity contribution is 0.771. The number of pyridine rings is 1. The Morgan fingerprint density at radius 1 is 1.04 bits per heavy atom. The van der Waals surface area contributed by atoms with Gasteiger partial charge < -0.3 is 4.72 Å². The second-order valence-corrected chi connectivity index (χ2v) is 6.58. The highest BCUT2D eigenvalue weighted by atomic mass is 32.2. The molecular formula is C19H22N4S. The first-order chi connectivity index (χ1) is 11.8. The van der Waals surface area contributed by atoms with Gasteiger partial charge in [-0.25, -0.2) is 0 Å². The Labute approximate surface area is 147 Å². The van der Waals surface area contributed by atoms with Crippen molar-refractivity contribution < 1.29 is 0 Å². The quantitative estimate of drug-likeness (QED) is 0.486. The highest BCUT2D eigenvalue weighted by molar-refractivity contribution is 8.00. The van der Waals surface area contributed by atoms with Crippen LogP contribution in [0.2, 0.25) is 0 Å². The van der Waals surface area contributed by atoms with E-state index in [1.54, 1.807) is 24.3 Å². The monoisotopic (exact) mass is 338 g/mol. The van der Waals surface area contributed by atoms with Gasteiger partial charge >= 0.3 is 0 Å². The summed E-state index contributed by atoms with van der Waals surface area (Å²) in [5, 5.41) is 4.62. The number of benzene rings is 1. The number of nitrogens with zero attached hydrogens (tertiary/aromatic N) is 3. The summed E-state index contributed by atoms with van der Waals surface area (Å²) in [6, 6.07) is 12.5. The molecule has 4 nitrogen and oxygen atoms in total. The molecule has 3 rings (SSSR count). The molecular weight excluding hydrogens is 316 g/mol. The molecule has 0 aliphatic rings. The maximum Gasteiger partial charge on any atom is 0.100 e. The van der Waals surface area contributed by atoms with Crippen LogP contribution in [-0.4, -0.2) is 20.5 Å². The molecule has 1 aromatic carbocycles. The van der Waals surface area contributed by atoms with Crippen molar-refractivity contribution in [2.45, 2.75) is 19.8 Å². The van der Waals surface area contributed by atoms with E-state index in [4.69, 9.17) is 0 Å². The molecule has 0 atom stereocenters. The fraction of sp³-hybridized carbons (Fsp3) is 0.263. The summed E-state index contributed by atoms with van der Waals surface area (Å²) in [5.74, 6) is 1.13. The topological polar surface area (TPSA) is 42.7 Å². The van der Waals surface area contributed by atoms with Gasteiger partial charge in [0.15, 0.2) is 0 Å². The van der Waals surface area contributed by atoms with Gasteiger partial charge in [0.05, 0.1) is 0 Å². The average Bonchev–Trinajstić information content (AvgIpc) is 3.02. The Hall–Kier alpha value is -2.27. The number of hydrogen-bond donors (Lipinski definition) is 1. The van der Waals surface area contributed by atoms with Crippen LogP contribution in [0.25, 0.3) is 22.4 Å². The van der Waals surface area contributed by atoms with Crippen LogP contribution < -0.4 is 4.72 Å². The zero-order valence-electron chi connectivity index (χ0n) is 14.1. The minimum Gasteiger partial charge on any atom is -0.330 e. The molecule has 0 spiro atoms. The van der Waals surface area contributed by atoms with Crippen LogP contribution in [0.4, 0.5) is 5.69 Å². The van der Waals surface area contributed by atoms with Crippen LogP contribution in [-0.2, 0) is 7.05 Å². The average molecular weight is 338 g/mol. The van der Waals surface area contributed by atoms with Crippen molar-refractivity contribution in [3.8, 4) is 22.4 Å². The summed E-state index contributed by atoms with van der Waals surface area (Å²) in [5.41, 5.74) is 5.50. The van der Waals surface area contributed by atoms with E-state index in [0.717, 1.165) is 28.3 Å². The predicted octanol–water partition coefficient (Wildman–Crippen LogP) is 5.01. The van der Waals surface area contributed by atoms with E-state index in [2.05, 4.69) is 52.2 Å². The Kier molecular flexibility index (Phi) is 5.54. The molecule has 124 valence electrons. The van der Waals surface area contributed by atoms with Gasteiger partial charge in [0, 0.05) is 48.2 Å². The third-order valence-electron chi connectivity index (χ3n) is 3.77. The van der Waals surface area contributed by atoms with Gasteiger partial charge in [-0.2, -0.15) is 5.10 Å². The molecule has 5 heteroatoms. The van der Waals surface area contributed by atoms with Crippen molar-refractivity contribution in [2.24, 2.45) is 7.05 Å². The van der Waals surface area contributed by atoms with E-state index in [9.17, 15) is 0 Å². The fourth-order valence-corrected chi connectivity index (χ4v) is 3.33. The van der Waals surface area contributed by atoms with E-state index in [1.165, 1.54) is 18.4 Å². The lowest BCUT2D eigenvalue weighted by Gasteiger charge is -2.07. The number of hydrogen-bond acceptors (Lipinski definition) is 4. The van der Waals surface area contributed by atoms with Gasteiger partial charge in [0.25, 0.3) is 0 Å². The first-order valence-corrected chi connectivity index (χ1v) is 9.18. The van der Waals surface area contributed by atoms with E-state index in [-0.39, 0.29) is 0 Å². The Bertz CT molecular complexity index is 766. The summed E-state index contributed by atoms with van der Waals surface area (Å²) in [4.78, 5) is 4.09. The molecule has 24 heavy (non-hydrogen) atoms. The molecule has 2 aromatic heterocycles. The van der Waals surface area contributed by atoms with Gasteiger partial charge in [-0.1, -0.05) is 37.4 Å². The van der Waals surface area contributed by atoms with Crippen LogP contribution in [0.5, 0.6) is 0 Å².